The van der Waals surface area contributed by atoms with Crippen LogP contribution in [-0.2, 0) is 6.61 Å². The normalized spacial score (nSPS) is 12.2. The highest BCUT2D eigenvalue weighted by atomic mass is 16.7. The summed E-state index contributed by atoms with van der Waals surface area (Å²) >= 11 is 0. The highest BCUT2D eigenvalue weighted by Crippen LogP contribution is 2.52. The molecule has 0 atom stereocenters. The first-order valence-electron chi connectivity index (χ1n) is 7.58. The summed E-state index contributed by atoms with van der Waals surface area (Å²) in [5.74, 6) is 2.98. The van der Waals surface area contributed by atoms with Crippen LogP contribution in [-0.4, -0.2) is 13.9 Å². The molecule has 0 radical (unpaired) electrons. The van der Waals surface area contributed by atoms with Gasteiger partial charge < -0.3 is 23.4 Å². The summed E-state index contributed by atoms with van der Waals surface area (Å²) in [4.78, 5) is 0. The minimum absolute atomic E-state index is 0.158. The molecule has 2 aromatic carbocycles. The van der Waals surface area contributed by atoms with Crippen molar-refractivity contribution in [2.75, 3.05) is 13.9 Å². The molecule has 0 saturated heterocycles. The van der Waals surface area contributed by atoms with Gasteiger partial charge in [-0.15, -0.1) is 0 Å². The van der Waals surface area contributed by atoms with Gasteiger partial charge in [0.15, 0.2) is 11.5 Å². The van der Waals surface area contributed by atoms with E-state index in [9.17, 15) is 0 Å². The summed E-state index contributed by atoms with van der Waals surface area (Å²) in [6, 6.07) is 15.4. The third kappa shape index (κ3) is 2.54. The molecule has 0 aliphatic carbocycles. The van der Waals surface area contributed by atoms with E-state index < -0.39 is 0 Å². The van der Waals surface area contributed by atoms with Crippen molar-refractivity contribution in [3.63, 3.8) is 0 Å². The molecule has 0 amide bonds. The predicted molar refractivity (Wildman–Crippen MR) is 87.6 cm³/mol. The lowest BCUT2D eigenvalue weighted by molar-refractivity contribution is 0.171. The average Bonchev–Trinajstić information content (AvgIpc) is 3.30. The van der Waals surface area contributed by atoms with Crippen molar-refractivity contribution in [3.05, 3.63) is 60.4 Å². The fraction of sp³-hybridized carbons (Fsp3) is 0.158. The molecule has 122 valence electrons. The van der Waals surface area contributed by atoms with Gasteiger partial charge >= 0.3 is 0 Å². The quantitative estimate of drug-likeness (QED) is 0.702. The predicted octanol–water partition coefficient (Wildman–Crippen LogP) is 4.26. The van der Waals surface area contributed by atoms with Crippen LogP contribution in [0.1, 0.15) is 5.56 Å². The lowest BCUT2D eigenvalue weighted by Crippen LogP contribution is -1.99. The van der Waals surface area contributed by atoms with E-state index in [0.29, 0.717) is 40.9 Å². The van der Waals surface area contributed by atoms with Gasteiger partial charge in [-0.1, -0.05) is 30.3 Å². The highest BCUT2D eigenvalue weighted by Gasteiger charge is 2.28. The molecule has 0 spiro atoms. The van der Waals surface area contributed by atoms with Crippen LogP contribution in [0.2, 0.25) is 0 Å². The van der Waals surface area contributed by atoms with E-state index in [-0.39, 0.29) is 6.79 Å². The monoisotopic (exact) mass is 324 g/mol. The number of ether oxygens (including phenoxy) is 4. The summed E-state index contributed by atoms with van der Waals surface area (Å²) in [6.07, 6.45) is 1.61. The lowest BCUT2D eigenvalue weighted by Gasteiger charge is -2.15. The SMILES string of the molecule is COc1c2c(cc(OCc3ccccc3)c1-c1ccco1)OCO2. The van der Waals surface area contributed by atoms with Gasteiger partial charge in [-0.25, -0.2) is 0 Å². The molecule has 0 N–H and O–H groups in total. The molecule has 0 bridgehead atoms. The van der Waals surface area contributed by atoms with Gasteiger partial charge in [-0.3, -0.25) is 0 Å². The van der Waals surface area contributed by atoms with Crippen molar-refractivity contribution < 1.29 is 23.4 Å². The lowest BCUT2D eigenvalue weighted by atomic mass is 10.1. The summed E-state index contributed by atoms with van der Waals surface area (Å²) in [5.41, 5.74) is 1.78. The van der Waals surface area contributed by atoms with E-state index in [1.807, 2.05) is 48.5 Å². The van der Waals surface area contributed by atoms with E-state index >= 15 is 0 Å². The van der Waals surface area contributed by atoms with E-state index in [2.05, 4.69) is 0 Å². The molecule has 24 heavy (non-hydrogen) atoms. The Morgan fingerprint density at radius 1 is 1.04 bits per heavy atom. The number of furan rings is 1. The van der Waals surface area contributed by atoms with Crippen molar-refractivity contribution in [2.24, 2.45) is 0 Å². The maximum Gasteiger partial charge on any atom is 0.231 e. The van der Waals surface area contributed by atoms with Crippen LogP contribution in [0.25, 0.3) is 11.3 Å². The third-order valence-corrected chi connectivity index (χ3v) is 3.79. The fourth-order valence-electron chi connectivity index (χ4n) is 2.69. The average molecular weight is 324 g/mol. The molecule has 0 unspecified atom stereocenters. The number of benzene rings is 2. The topological polar surface area (TPSA) is 50.1 Å². The zero-order chi connectivity index (χ0) is 16.4. The van der Waals surface area contributed by atoms with Crippen molar-refractivity contribution in [1.29, 1.82) is 0 Å². The number of fused-ring (bicyclic) bond motifs is 1. The first-order chi connectivity index (χ1) is 11.9. The van der Waals surface area contributed by atoms with Crippen LogP contribution in [0.5, 0.6) is 23.0 Å². The Hall–Kier alpha value is -3.08. The van der Waals surface area contributed by atoms with Crippen molar-refractivity contribution in [2.45, 2.75) is 6.61 Å². The molecule has 3 aromatic rings. The maximum atomic E-state index is 6.04. The third-order valence-electron chi connectivity index (χ3n) is 3.79. The summed E-state index contributed by atoms with van der Waals surface area (Å²) in [5, 5.41) is 0. The molecular formula is C19H16O5. The van der Waals surface area contributed by atoms with E-state index in [1.54, 1.807) is 13.4 Å². The summed E-state index contributed by atoms with van der Waals surface area (Å²) in [7, 11) is 1.59. The summed E-state index contributed by atoms with van der Waals surface area (Å²) < 4.78 is 28.2. The van der Waals surface area contributed by atoms with Crippen molar-refractivity contribution in [1.82, 2.24) is 0 Å². The molecule has 0 fully saturated rings. The molecule has 1 aliphatic heterocycles. The smallest absolute Gasteiger partial charge is 0.231 e. The van der Waals surface area contributed by atoms with E-state index in [4.69, 9.17) is 23.4 Å². The van der Waals surface area contributed by atoms with E-state index in [1.165, 1.54) is 0 Å². The molecule has 5 heteroatoms. The van der Waals surface area contributed by atoms with E-state index in [0.717, 1.165) is 5.56 Å². The number of methoxy groups -OCH3 is 1. The first-order valence-corrected chi connectivity index (χ1v) is 7.58. The second kappa shape index (κ2) is 6.20. The Balaban J connectivity index is 1.77. The van der Waals surface area contributed by atoms with Crippen LogP contribution in [0.15, 0.2) is 59.2 Å². The minimum atomic E-state index is 0.158. The van der Waals surface area contributed by atoms with Crippen LogP contribution in [0.4, 0.5) is 0 Å². The largest absolute Gasteiger partial charge is 0.492 e. The maximum absolute atomic E-state index is 6.04. The van der Waals surface area contributed by atoms with Crippen LogP contribution < -0.4 is 18.9 Å². The standard InChI is InChI=1S/C19H16O5/c1-20-19-17(14-8-5-9-21-14)15(10-16-18(19)24-12-23-16)22-11-13-6-3-2-4-7-13/h2-10H,11-12H2,1H3. The Morgan fingerprint density at radius 3 is 2.67 bits per heavy atom. The second-order valence-corrected chi connectivity index (χ2v) is 5.27. The fourth-order valence-corrected chi connectivity index (χ4v) is 2.69. The van der Waals surface area contributed by atoms with Gasteiger partial charge in [-0.2, -0.15) is 0 Å². The van der Waals surface area contributed by atoms with Crippen molar-refractivity contribution in [3.8, 4) is 34.3 Å². The van der Waals surface area contributed by atoms with Crippen molar-refractivity contribution >= 4 is 0 Å². The zero-order valence-corrected chi connectivity index (χ0v) is 13.2. The Kier molecular flexibility index (Phi) is 3.75. The Labute approximate surface area is 139 Å². The number of hydrogen-bond donors (Lipinski definition) is 0. The van der Waals surface area contributed by atoms with Gasteiger partial charge in [-0.05, 0) is 17.7 Å². The van der Waals surface area contributed by atoms with Crippen LogP contribution in [0, 0.1) is 0 Å². The number of rotatable bonds is 5. The molecule has 1 aromatic heterocycles. The van der Waals surface area contributed by atoms with Gasteiger partial charge in [0.25, 0.3) is 0 Å². The Bertz CT molecular complexity index is 825. The molecular weight excluding hydrogens is 308 g/mol. The molecule has 5 nitrogen and oxygen atoms in total. The molecule has 4 rings (SSSR count). The molecule has 2 heterocycles. The van der Waals surface area contributed by atoms with Crippen LogP contribution in [0.3, 0.4) is 0 Å². The highest BCUT2D eigenvalue weighted by molar-refractivity contribution is 5.80. The number of hydrogen-bond acceptors (Lipinski definition) is 5. The summed E-state index contributed by atoms with van der Waals surface area (Å²) in [6.45, 7) is 0.586. The van der Waals surface area contributed by atoms with Gasteiger partial charge in [0, 0.05) is 6.07 Å². The van der Waals surface area contributed by atoms with Gasteiger partial charge in [0.1, 0.15) is 23.7 Å². The van der Waals surface area contributed by atoms with Gasteiger partial charge in [0.2, 0.25) is 12.5 Å². The van der Waals surface area contributed by atoms with Gasteiger partial charge in [0.05, 0.1) is 13.4 Å². The first kappa shape index (κ1) is 14.5. The van der Waals surface area contributed by atoms with Crippen LogP contribution >= 0.6 is 0 Å². The molecule has 0 saturated carbocycles. The minimum Gasteiger partial charge on any atom is -0.492 e. The zero-order valence-electron chi connectivity index (χ0n) is 13.2. The second-order valence-electron chi connectivity index (χ2n) is 5.27. The molecule has 1 aliphatic rings. The Morgan fingerprint density at radius 2 is 1.92 bits per heavy atom.